The summed E-state index contributed by atoms with van der Waals surface area (Å²) in [5.74, 6) is -8.50. The van der Waals surface area contributed by atoms with Crippen molar-refractivity contribution in [3.63, 3.8) is 0 Å². The smallest absolute Gasteiger partial charge is 0.332 e. The zero-order chi connectivity index (χ0) is 19.9. The summed E-state index contributed by atoms with van der Waals surface area (Å²) in [4.78, 5) is 22.9. The predicted molar refractivity (Wildman–Crippen MR) is 78.4 cm³/mol. The predicted octanol–water partition coefficient (Wildman–Crippen LogP) is 1.06. The fraction of sp³-hybridized carbons (Fsp3) is 0.500. The van der Waals surface area contributed by atoms with Crippen LogP contribution in [-0.4, -0.2) is 51.5 Å². The van der Waals surface area contributed by atoms with Gasteiger partial charge in [0.15, 0.2) is 29.4 Å². The van der Waals surface area contributed by atoms with Gasteiger partial charge in [-0.15, -0.1) is 0 Å². The zero-order valence-corrected chi connectivity index (χ0v) is 14.2. The summed E-state index contributed by atoms with van der Waals surface area (Å²) in [7, 11) is 2.60. The molecule has 4 atom stereocenters. The van der Waals surface area contributed by atoms with Gasteiger partial charge < -0.3 is 24.3 Å². The first-order chi connectivity index (χ1) is 12.8. The van der Waals surface area contributed by atoms with Crippen LogP contribution in [0, 0.1) is 23.3 Å². The van der Waals surface area contributed by atoms with Gasteiger partial charge in [-0.2, -0.15) is 0 Å². The number of likely N-dealkylation sites (N-methyl/N-ethyl adjacent to an activating group) is 1. The highest BCUT2D eigenvalue weighted by Crippen LogP contribution is 2.55. The molecule has 1 N–H and O–H groups in total. The van der Waals surface area contributed by atoms with Gasteiger partial charge in [0.05, 0.1) is 0 Å². The van der Waals surface area contributed by atoms with Crippen LogP contribution in [0.3, 0.4) is 0 Å². The Kier molecular flexibility index (Phi) is 5.36. The van der Waals surface area contributed by atoms with E-state index in [0.29, 0.717) is 0 Å². The first kappa shape index (κ1) is 19.5. The van der Waals surface area contributed by atoms with Gasteiger partial charge in [0.25, 0.3) is 0 Å². The van der Waals surface area contributed by atoms with Crippen molar-refractivity contribution < 1.29 is 46.1 Å². The maximum Gasteiger partial charge on any atom is 0.332 e. The number of carbonyl (C=O) groups is 2. The van der Waals surface area contributed by atoms with Crippen molar-refractivity contribution in [3.05, 3.63) is 34.4 Å². The number of hydrogen-bond acceptors (Lipinski definition) is 6. The standard InChI is InChI=1S/C16H15F4NO6/c1-21-5(22)3-25-4-6(23)26-16-14-8-7(13(27-14)15(16)24-2)9(17)11(19)12(20)10(8)18/h13-16H,3-4H2,1-2H3,(H,21,22)/t13-,14?,15+,16?/m0/s1. The summed E-state index contributed by atoms with van der Waals surface area (Å²) in [6.45, 7) is -0.987. The average Bonchev–Trinajstić information content (AvgIpc) is 3.20. The molecule has 1 aromatic carbocycles. The molecule has 1 saturated heterocycles. The molecule has 0 saturated carbocycles. The highest BCUT2D eigenvalue weighted by molar-refractivity contribution is 5.77. The fourth-order valence-corrected chi connectivity index (χ4v) is 3.22. The lowest BCUT2D eigenvalue weighted by molar-refractivity contribution is -0.162. The molecule has 3 rings (SSSR count). The molecule has 0 radical (unpaired) electrons. The summed E-state index contributed by atoms with van der Waals surface area (Å²) in [5, 5.41) is 2.28. The number of carbonyl (C=O) groups excluding carboxylic acids is 2. The van der Waals surface area contributed by atoms with E-state index in [1.807, 2.05) is 0 Å². The Hall–Kier alpha value is -2.24. The van der Waals surface area contributed by atoms with Gasteiger partial charge in [0.2, 0.25) is 5.91 Å². The number of ether oxygens (including phenoxy) is 4. The fourth-order valence-electron chi connectivity index (χ4n) is 3.22. The molecule has 1 fully saturated rings. The topological polar surface area (TPSA) is 83.1 Å². The molecule has 1 amide bonds. The van der Waals surface area contributed by atoms with Crippen LogP contribution in [0.15, 0.2) is 0 Å². The van der Waals surface area contributed by atoms with Gasteiger partial charge in [0.1, 0.15) is 31.5 Å². The van der Waals surface area contributed by atoms with E-state index in [2.05, 4.69) is 5.32 Å². The van der Waals surface area contributed by atoms with E-state index in [9.17, 15) is 27.2 Å². The lowest BCUT2D eigenvalue weighted by atomic mass is 9.86. The zero-order valence-electron chi connectivity index (χ0n) is 14.2. The normalized spacial score (nSPS) is 25.4. The molecule has 7 nitrogen and oxygen atoms in total. The molecule has 11 heteroatoms. The van der Waals surface area contributed by atoms with Crippen LogP contribution < -0.4 is 5.32 Å². The van der Waals surface area contributed by atoms with E-state index in [1.54, 1.807) is 0 Å². The molecule has 2 aliphatic rings. The van der Waals surface area contributed by atoms with E-state index < -0.39 is 77.3 Å². The second-order valence-corrected chi connectivity index (χ2v) is 5.88. The molecule has 0 aromatic heterocycles. The minimum Gasteiger partial charge on any atom is -0.455 e. The molecular weight excluding hydrogens is 378 g/mol. The van der Waals surface area contributed by atoms with Gasteiger partial charge in [-0.1, -0.05) is 0 Å². The first-order valence-electron chi connectivity index (χ1n) is 7.83. The quantitative estimate of drug-likeness (QED) is 0.337. The van der Waals surface area contributed by atoms with E-state index in [-0.39, 0.29) is 6.61 Å². The third-order valence-corrected chi connectivity index (χ3v) is 4.40. The molecular formula is C16H15F4NO6. The molecule has 2 aliphatic heterocycles. The molecule has 148 valence electrons. The Balaban J connectivity index is 1.80. The van der Waals surface area contributed by atoms with Crippen LogP contribution in [0.25, 0.3) is 0 Å². The summed E-state index contributed by atoms with van der Waals surface area (Å²) >= 11 is 0. The van der Waals surface area contributed by atoms with Crippen molar-refractivity contribution in [1.82, 2.24) is 5.32 Å². The van der Waals surface area contributed by atoms with Crippen molar-refractivity contribution in [2.75, 3.05) is 27.4 Å². The largest absolute Gasteiger partial charge is 0.455 e. The summed E-state index contributed by atoms with van der Waals surface area (Å²) in [5.41, 5.74) is -1.04. The number of nitrogens with one attached hydrogen (secondary N) is 1. The van der Waals surface area contributed by atoms with E-state index >= 15 is 0 Å². The highest BCUT2D eigenvalue weighted by atomic mass is 19.2. The van der Waals surface area contributed by atoms with Crippen LogP contribution in [-0.2, 0) is 28.5 Å². The lowest BCUT2D eigenvalue weighted by Crippen LogP contribution is -2.39. The van der Waals surface area contributed by atoms with Crippen LogP contribution in [0.4, 0.5) is 17.6 Å². The lowest BCUT2D eigenvalue weighted by Gasteiger charge is -2.28. The average molecular weight is 393 g/mol. The molecule has 0 aliphatic carbocycles. The van der Waals surface area contributed by atoms with E-state index in [1.165, 1.54) is 14.2 Å². The second kappa shape index (κ2) is 7.41. The SMILES string of the molecule is CNC(=O)COCC(=O)OC1C2O[C@@H](c3c(F)c(F)c(F)c(F)c32)[C@H]1OC. The summed E-state index contributed by atoms with van der Waals surface area (Å²) < 4.78 is 75.8. The van der Waals surface area contributed by atoms with Crippen molar-refractivity contribution in [1.29, 1.82) is 0 Å². The second-order valence-electron chi connectivity index (χ2n) is 5.88. The van der Waals surface area contributed by atoms with Gasteiger partial charge in [-0.25, -0.2) is 22.4 Å². The van der Waals surface area contributed by atoms with Gasteiger partial charge in [-0.3, -0.25) is 4.79 Å². The maximum atomic E-state index is 14.2. The molecule has 2 heterocycles. The number of methoxy groups -OCH3 is 1. The number of esters is 1. The van der Waals surface area contributed by atoms with Crippen LogP contribution in [0.5, 0.6) is 0 Å². The number of fused-ring (bicyclic) bond motifs is 5. The van der Waals surface area contributed by atoms with Crippen LogP contribution in [0.2, 0.25) is 0 Å². The summed E-state index contributed by atoms with van der Waals surface area (Å²) in [6.07, 6.45) is -4.95. The van der Waals surface area contributed by atoms with Gasteiger partial charge in [0, 0.05) is 25.3 Å². The van der Waals surface area contributed by atoms with Crippen molar-refractivity contribution in [2.45, 2.75) is 24.4 Å². The third-order valence-electron chi connectivity index (χ3n) is 4.40. The van der Waals surface area contributed by atoms with Gasteiger partial charge >= 0.3 is 5.97 Å². The molecule has 27 heavy (non-hydrogen) atoms. The number of amides is 1. The minimum atomic E-state index is -1.98. The van der Waals surface area contributed by atoms with E-state index in [4.69, 9.17) is 18.9 Å². The first-order valence-corrected chi connectivity index (χ1v) is 7.83. The number of halogens is 4. The molecule has 2 bridgehead atoms. The Labute approximate surface area is 150 Å². The molecule has 1 aromatic rings. The van der Waals surface area contributed by atoms with Crippen molar-refractivity contribution >= 4 is 11.9 Å². The Bertz CT molecular complexity index is 789. The summed E-state index contributed by atoms with van der Waals surface area (Å²) in [6, 6.07) is 0. The van der Waals surface area contributed by atoms with Crippen LogP contribution in [0.1, 0.15) is 23.3 Å². The number of rotatable bonds is 6. The monoisotopic (exact) mass is 393 g/mol. The Morgan fingerprint density at radius 1 is 0.963 bits per heavy atom. The number of hydrogen-bond donors (Lipinski definition) is 1. The van der Waals surface area contributed by atoms with Crippen molar-refractivity contribution in [3.8, 4) is 0 Å². The van der Waals surface area contributed by atoms with E-state index in [0.717, 1.165) is 0 Å². The Morgan fingerprint density at radius 2 is 1.52 bits per heavy atom. The highest BCUT2D eigenvalue weighted by Gasteiger charge is 2.58. The number of benzene rings is 1. The van der Waals surface area contributed by atoms with Crippen molar-refractivity contribution in [2.24, 2.45) is 0 Å². The Morgan fingerprint density at radius 3 is 2.04 bits per heavy atom. The molecule has 0 spiro atoms. The molecule has 2 unspecified atom stereocenters. The minimum absolute atomic E-state index is 0.389. The third kappa shape index (κ3) is 3.15. The van der Waals surface area contributed by atoms with Gasteiger partial charge in [-0.05, 0) is 0 Å². The maximum absolute atomic E-state index is 14.2. The van der Waals surface area contributed by atoms with Crippen LogP contribution >= 0.6 is 0 Å².